The second-order valence-corrected chi connectivity index (χ2v) is 6.30. The zero-order chi connectivity index (χ0) is 17.6. The van der Waals surface area contributed by atoms with Crippen LogP contribution in [-0.4, -0.2) is 17.4 Å². The van der Waals surface area contributed by atoms with Crippen molar-refractivity contribution in [3.8, 4) is 0 Å². The molecule has 0 fully saturated rings. The molecule has 0 aliphatic carbocycles. The predicted octanol–water partition coefficient (Wildman–Crippen LogP) is 3.13. The highest BCUT2D eigenvalue weighted by Gasteiger charge is 2.05. The minimum absolute atomic E-state index is 0.0118. The van der Waals surface area contributed by atoms with Crippen LogP contribution in [-0.2, 0) is 17.6 Å². The maximum Gasteiger partial charge on any atom is 0.251 e. The summed E-state index contributed by atoms with van der Waals surface area (Å²) >= 11 is 0. The number of carbonyl (C=O) groups excluding carboxylic acids is 1. The number of fused-ring (bicyclic) bond motifs is 1. The summed E-state index contributed by atoms with van der Waals surface area (Å²) in [5.74, 6) is 0.0118. The van der Waals surface area contributed by atoms with Gasteiger partial charge in [-0.1, -0.05) is 48.0 Å². The number of hydrogen-bond donors (Lipinski definition) is 2. The molecule has 25 heavy (non-hydrogen) atoms. The van der Waals surface area contributed by atoms with Gasteiger partial charge in [-0.3, -0.25) is 9.59 Å². The van der Waals surface area contributed by atoms with Gasteiger partial charge in [0, 0.05) is 24.0 Å². The number of benzene rings is 2. The molecule has 2 aromatic carbocycles. The van der Waals surface area contributed by atoms with Crippen molar-refractivity contribution in [2.24, 2.45) is 0 Å². The van der Waals surface area contributed by atoms with Crippen molar-refractivity contribution >= 4 is 16.8 Å². The van der Waals surface area contributed by atoms with Gasteiger partial charge in [-0.25, -0.2) is 0 Å². The van der Waals surface area contributed by atoms with E-state index >= 15 is 0 Å². The molecule has 0 atom stereocenters. The van der Waals surface area contributed by atoms with Crippen LogP contribution in [0.5, 0.6) is 0 Å². The van der Waals surface area contributed by atoms with E-state index in [1.165, 1.54) is 5.56 Å². The fourth-order valence-corrected chi connectivity index (χ4v) is 2.82. The number of pyridine rings is 1. The first kappa shape index (κ1) is 17.0. The largest absolute Gasteiger partial charge is 0.356 e. The van der Waals surface area contributed by atoms with Crippen LogP contribution in [0.4, 0.5) is 0 Å². The van der Waals surface area contributed by atoms with E-state index in [0.29, 0.717) is 24.9 Å². The topological polar surface area (TPSA) is 62.0 Å². The van der Waals surface area contributed by atoms with E-state index in [4.69, 9.17) is 0 Å². The van der Waals surface area contributed by atoms with Crippen LogP contribution in [0.2, 0.25) is 0 Å². The fourth-order valence-electron chi connectivity index (χ4n) is 2.82. The molecular weight excluding hydrogens is 312 g/mol. The SMILES string of the molecule is Cc1ccc(CCC(=O)NCCc2cc3ccccc3[nH]c2=O)cc1. The van der Waals surface area contributed by atoms with Gasteiger partial charge in [0.2, 0.25) is 5.91 Å². The number of aromatic nitrogens is 1. The summed E-state index contributed by atoms with van der Waals surface area (Å²) in [7, 11) is 0. The number of hydrogen-bond acceptors (Lipinski definition) is 2. The Labute approximate surface area is 146 Å². The lowest BCUT2D eigenvalue weighted by Crippen LogP contribution is -2.27. The molecule has 128 valence electrons. The van der Waals surface area contributed by atoms with Gasteiger partial charge in [-0.2, -0.15) is 0 Å². The lowest BCUT2D eigenvalue weighted by atomic mass is 10.1. The Morgan fingerprint density at radius 2 is 1.80 bits per heavy atom. The summed E-state index contributed by atoms with van der Waals surface area (Å²) in [4.78, 5) is 26.9. The van der Waals surface area contributed by atoms with Gasteiger partial charge in [-0.05, 0) is 42.8 Å². The minimum atomic E-state index is -0.0902. The molecule has 0 aliphatic heterocycles. The molecule has 0 radical (unpaired) electrons. The molecule has 4 heteroatoms. The van der Waals surface area contributed by atoms with Gasteiger partial charge in [0.1, 0.15) is 0 Å². The number of aromatic amines is 1. The van der Waals surface area contributed by atoms with E-state index in [-0.39, 0.29) is 11.5 Å². The third-order valence-corrected chi connectivity index (χ3v) is 4.31. The average molecular weight is 334 g/mol. The monoisotopic (exact) mass is 334 g/mol. The zero-order valence-corrected chi connectivity index (χ0v) is 14.3. The first-order valence-electron chi connectivity index (χ1n) is 8.55. The Bertz CT molecular complexity index is 927. The number of para-hydroxylation sites is 1. The van der Waals surface area contributed by atoms with Crippen LogP contribution >= 0.6 is 0 Å². The summed E-state index contributed by atoms with van der Waals surface area (Å²) in [6.07, 6.45) is 1.70. The van der Waals surface area contributed by atoms with Crippen molar-refractivity contribution < 1.29 is 4.79 Å². The molecule has 0 aliphatic rings. The van der Waals surface area contributed by atoms with Crippen molar-refractivity contribution in [1.29, 1.82) is 0 Å². The van der Waals surface area contributed by atoms with Crippen molar-refractivity contribution in [2.45, 2.75) is 26.2 Å². The van der Waals surface area contributed by atoms with Gasteiger partial charge >= 0.3 is 0 Å². The molecule has 1 amide bonds. The van der Waals surface area contributed by atoms with Crippen LogP contribution in [0.25, 0.3) is 10.9 Å². The third kappa shape index (κ3) is 4.57. The fraction of sp³-hybridized carbons (Fsp3) is 0.238. The van der Waals surface area contributed by atoms with Crippen molar-refractivity contribution in [3.63, 3.8) is 0 Å². The molecule has 4 nitrogen and oxygen atoms in total. The maximum atomic E-state index is 12.1. The van der Waals surface area contributed by atoms with Gasteiger partial charge < -0.3 is 10.3 Å². The van der Waals surface area contributed by atoms with Gasteiger partial charge in [0.15, 0.2) is 0 Å². The predicted molar refractivity (Wildman–Crippen MR) is 101 cm³/mol. The van der Waals surface area contributed by atoms with Crippen LogP contribution in [0, 0.1) is 6.92 Å². The van der Waals surface area contributed by atoms with E-state index in [0.717, 1.165) is 22.9 Å². The summed E-state index contributed by atoms with van der Waals surface area (Å²) in [5.41, 5.74) is 3.81. The highest BCUT2D eigenvalue weighted by atomic mass is 16.1. The highest BCUT2D eigenvalue weighted by molar-refractivity contribution is 5.79. The van der Waals surface area contributed by atoms with E-state index < -0.39 is 0 Å². The number of nitrogens with one attached hydrogen (secondary N) is 2. The zero-order valence-electron chi connectivity index (χ0n) is 14.3. The Balaban J connectivity index is 1.50. The lowest BCUT2D eigenvalue weighted by molar-refractivity contribution is -0.121. The number of carbonyl (C=O) groups is 1. The first-order valence-corrected chi connectivity index (χ1v) is 8.55. The molecule has 2 N–H and O–H groups in total. The molecular formula is C21H22N2O2. The van der Waals surface area contributed by atoms with E-state index in [9.17, 15) is 9.59 Å². The molecule has 1 heterocycles. The summed E-state index contributed by atoms with van der Waals surface area (Å²) in [5, 5.41) is 3.90. The Morgan fingerprint density at radius 1 is 1.04 bits per heavy atom. The molecule has 0 saturated heterocycles. The van der Waals surface area contributed by atoms with Crippen LogP contribution in [0.15, 0.2) is 59.4 Å². The molecule has 0 spiro atoms. The van der Waals surface area contributed by atoms with Crippen molar-refractivity contribution in [3.05, 3.63) is 81.6 Å². The molecule has 0 unspecified atom stereocenters. The number of H-pyrrole nitrogens is 1. The van der Waals surface area contributed by atoms with Crippen LogP contribution < -0.4 is 10.9 Å². The highest BCUT2D eigenvalue weighted by Crippen LogP contribution is 2.10. The average Bonchev–Trinajstić information content (AvgIpc) is 2.61. The van der Waals surface area contributed by atoms with Crippen LogP contribution in [0.3, 0.4) is 0 Å². The second kappa shape index (κ2) is 7.79. The van der Waals surface area contributed by atoms with Crippen LogP contribution in [0.1, 0.15) is 23.1 Å². The normalized spacial score (nSPS) is 10.8. The first-order chi connectivity index (χ1) is 12.1. The lowest BCUT2D eigenvalue weighted by Gasteiger charge is -2.06. The Kier molecular flexibility index (Phi) is 5.29. The minimum Gasteiger partial charge on any atom is -0.356 e. The van der Waals surface area contributed by atoms with E-state index in [1.54, 1.807) is 0 Å². The quantitative estimate of drug-likeness (QED) is 0.727. The van der Waals surface area contributed by atoms with Crippen molar-refractivity contribution in [1.82, 2.24) is 10.3 Å². The standard InChI is InChI=1S/C21H22N2O2/c1-15-6-8-16(9-7-15)10-11-20(24)22-13-12-18-14-17-4-2-3-5-19(17)23-21(18)25/h2-9,14H,10-13H2,1H3,(H,22,24)(H,23,25). The van der Waals surface area contributed by atoms with Gasteiger partial charge in [0.25, 0.3) is 5.56 Å². The van der Waals surface area contributed by atoms with Gasteiger partial charge in [0.05, 0.1) is 0 Å². The molecule has 0 bridgehead atoms. The Hall–Kier alpha value is -2.88. The maximum absolute atomic E-state index is 12.1. The number of amides is 1. The summed E-state index contributed by atoms with van der Waals surface area (Å²) in [6, 6.07) is 17.8. The summed E-state index contributed by atoms with van der Waals surface area (Å²) in [6.45, 7) is 2.51. The molecule has 0 saturated carbocycles. The number of aryl methyl sites for hydroxylation is 2. The third-order valence-electron chi connectivity index (χ3n) is 4.31. The second-order valence-electron chi connectivity index (χ2n) is 6.30. The summed E-state index contributed by atoms with van der Waals surface area (Å²) < 4.78 is 0. The molecule has 3 rings (SSSR count). The molecule has 1 aromatic heterocycles. The van der Waals surface area contributed by atoms with E-state index in [2.05, 4.69) is 34.6 Å². The van der Waals surface area contributed by atoms with E-state index in [1.807, 2.05) is 37.3 Å². The van der Waals surface area contributed by atoms with Crippen molar-refractivity contribution in [2.75, 3.05) is 6.54 Å². The number of rotatable bonds is 6. The Morgan fingerprint density at radius 3 is 2.60 bits per heavy atom. The smallest absolute Gasteiger partial charge is 0.251 e. The van der Waals surface area contributed by atoms with Gasteiger partial charge in [-0.15, -0.1) is 0 Å². The molecule has 3 aromatic rings.